The average molecular weight is 389 g/mol. The first-order valence-corrected chi connectivity index (χ1v) is 12.1. The van der Waals surface area contributed by atoms with E-state index < -0.39 is 9.73 Å². The average Bonchev–Trinajstić information content (AvgIpc) is 3.42. The van der Waals surface area contributed by atoms with Gasteiger partial charge in [0.05, 0.1) is 27.6 Å². The molecule has 1 unspecified atom stereocenters. The van der Waals surface area contributed by atoms with Gasteiger partial charge in [0.25, 0.3) is 0 Å². The summed E-state index contributed by atoms with van der Waals surface area (Å²) in [7, 11) is -2.23. The van der Waals surface area contributed by atoms with Crippen molar-refractivity contribution in [2.45, 2.75) is 44.1 Å². The third kappa shape index (κ3) is 3.21. The SMILES string of the molecule is O=C(C1CC12CCC2)N1CCOC2(CCS(=O)(=Nc3ccccc3)CC2)C1. The summed E-state index contributed by atoms with van der Waals surface area (Å²) in [4.78, 5) is 15.0. The number of hydrogen-bond acceptors (Lipinski definition) is 4. The molecule has 6 heteroatoms. The molecule has 2 saturated carbocycles. The first-order valence-electron chi connectivity index (χ1n) is 10.2. The highest BCUT2D eigenvalue weighted by Crippen LogP contribution is 2.66. The summed E-state index contributed by atoms with van der Waals surface area (Å²) in [5.74, 6) is 1.72. The van der Waals surface area contributed by atoms with Gasteiger partial charge in [-0.25, -0.2) is 4.21 Å². The molecular formula is C21H28N2O3S. The maximum absolute atomic E-state index is 13.2. The fraction of sp³-hybridized carbons (Fsp3) is 0.667. The molecule has 146 valence electrons. The van der Waals surface area contributed by atoms with Crippen molar-refractivity contribution in [1.82, 2.24) is 4.90 Å². The molecule has 5 rings (SSSR count). The summed E-state index contributed by atoms with van der Waals surface area (Å²) < 4.78 is 23.9. The van der Waals surface area contributed by atoms with Gasteiger partial charge in [0, 0.05) is 30.5 Å². The van der Waals surface area contributed by atoms with Crippen molar-refractivity contribution in [3.63, 3.8) is 0 Å². The second-order valence-electron chi connectivity index (χ2n) is 8.87. The van der Waals surface area contributed by atoms with E-state index in [2.05, 4.69) is 4.36 Å². The van der Waals surface area contributed by atoms with E-state index in [1.807, 2.05) is 35.2 Å². The van der Waals surface area contributed by atoms with Gasteiger partial charge in [-0.15, -0.1) is 0 Å². The second-order valence-corrected chi connectivity index (χ2v) is 11.4. The Morgan fingerprint density at radius 1 is 1.15 bits per heavy atom. The van der Waals surface area contributed by atoms with Crippen LogP contribution < -0.4 is 0 Å². The van der Waals surface area contributed by atoms with Gasteiger partial charge in [-0.3, -0.25) is 4.79 Å². The summed E-state index contributed by atoms with van der Waals surface area (Å²) in [5, 5.41) is 0. The molecular weight excluding hydrogens is 360 g/mol. The molecule has 2 spiro atoms. The van der Waals surface area contributed by atoms with Crippen molar-refractivity contribution in [3.8, 4) is 0 Å². The molecule has 0 aromatic heterocycles. The highest BCUT2D eigenvalue weighted by molar-refractivity contribution is 7.93. The van der Waals surface area contributed by atoms with Crippen LogP contribution in [0.15, 0.2) is 34.7 Å². The number of benzene rings is 1. The standard InChI is InChI=1S/C21H28N2O3S/c24-19(18-15-20(18)7-4-8-20)23-11-12-26-21(16-23)9-13-27(25,14-10-21)22-17-5-2-1-3-6-17/h1-3,5-6,18H,4,7-16H2. The first kappa shape index (κ1) is 17.7. The van der Waals surface area contributed by atoms with Crippen LogP contribution in [0.3, 0.4) is 0 Å². The van der Waals surface area contributed by atoms with E-state index in [1.54, 1.807) is 0 Å². The quantitative estimate of drug-likeness (QED) is 0.780. The Balaban J connectivity index is 1.26. The van der Waals surface area contributed by atoms with Crippen LogP contribution in [0.5, 0.6) is 0 Å². The second kappa shape index (κ2) is 6.31. The van der Waals surface area contributed by atoms with Gasteiger partial charge in [0.2, 0.25) is 5.91 Å². The predicted molar refractivity (Wildman–Crippen MR) is 105 cm³/mol. The van der Waals surface area contributed by atoms with E-state index in [9.17, 15) is 9.00 Å². The van der Waals surface area contributed by atoms with Crippen LogP contribution in [0.1, 0.15) is 38.5 Å². The minimum Gasteiger partial charge on any atom is -0.371 e. The number of hydrogen-bond donors (Lipinski definition) is 0. The Bertz CT molecular complexity index is 841. The number of carbonyl (C=O) groups excluding carboxylic acids is 1. The zero-order chi connectivity index (χ0) is 18.5. The predicted octanol–water partition coefficient (Wildman–Crippen LogP) is 3.37. The van der Waals surface area contributed by atoms with E-state index in [-0.39, 0.29) is 11.5 Å². The molecule has 0 bridgehead atoms. The Hall–Kier alpha value is -1.40. The number of ether oxygens (including phenoxy) is 1. The minimum absolute atomic E-state index is 0.266. The largest absolute Gasteiger partial charge is 0.371 e. The number of rotatable bonds is 2. The molecule has 1 aromatic carbocycles. The highest BCUT2D eigenvalue weighted by Gasteiger charge is 2.62. The van der Waals surface area contributed by atoms with Crippen molar-refractivity contribution < 1.29 is 13.7 Å². The van der Waals surface area contributed by atoms with Crippen molar-refractivity contribution in [1.29, 1.82) is 0 Å². The topological polar surface area (TPSA) is 59.0 Å². The van der Waals surface area contributed by atoms with Crippen LogP contribution in [0.25, 0.3) is 0 Å². The van der Waals surface area contributed by atoms with Crippen molar-refractivity contribution >= 4 is 21.3 Å². The molecule has 2 aliphatic carbocycles. The molecule has 2 aliphatic heterocycles. The van der Waals surface area contributed by atoms with Crippen LogP contribution in [0.2, 0.25) is 0 Å². The third-order valence-corrected chi connectivity index (χ3v) is 9.41. The monoisotopic (exact) mass is 388 g/mol. The van der Waals surface area contributed by atoms with Gasteiger partial charge < -0.3 is 9.64 Å². The fourth-order valence-corrected chi connectivity index (χ4v) is 7.40. The van der Waals surface area contributed by atoms with Crippen LogP contribution >= 0.6 is 0 Å². The Labute approximate surface area is 161 Å². The minimum atomic E-state index is -2.23. The summed E-state index contributed by atoms with van der Waals surface area (Å²) >= 11 is 0. The van der Waals surface area contributed by atoms with Gasteiger partial charge in [-0.1, -0.05) is 24.6 Å². The van der Waals surface area contributed by atoms with Gasteiger partial charge in [-0.2, -0.15) is 4.36 Å². The molecule has 2 heterocycles. The third-order valence-electron chi connectivity index (χ3n) is 7.18. The molecule has 1 aromatic rings. The lowest BCUT2D eigenvalue weighted by atomic mass is 9.79. The van der Waals surface area contributed by atoms with Crippen LogP contribution in [0.4, 0.5) is 5.69 Å². The van der Waals surface area contributed by atoms with Crippen molar-refractivity contribution in [2.75, 3.05) is 31.2 Å². The van der Waals surface area contributed by atoms with Crippen molar-refractivity contribution in [3.05, 3.63) is 30.3 Å². The number of morpholine rings is 1. The maximum atomic E-state index is 13.2. The van der Waals surface area contributed by atoms with Crippen LogP contribution in [-0.4, -0.2) is 51.8 Å². The molecule has 5 nitrogen and oxygen atoms in total. The molecule has 0 N–H and O–H groups in total. The normalized spacial score (nSPS) is 37.0. The Kier molecular flexibility index (Phi) is 4.13. The summed E-state index contributed by atoms with van der Waals surface area (Å²) in [5.41, 5.74) is 0.847. The number of amides is 1. The van der Waals surface area contributed by atoms with Gasteiger partial charge in [0.15, 0.2) is 0 Å². The molecule has 1 atom stereocenters. The lowest BCUT2D eigenvalue weighted by Gasteiger charge is -2.45. The summed E-state index contributed by atoms with van der Waals surface area (Å²) in [6.07, 6.45) is 6.31. The zero-order valence-electron chi connectivity index (χ0n) is 15.8. The molecule has 4 fully saturated rings. The number of nitrogens with zero attached hydrogens (tertiary/aromatic N) is 2. The van der Waals surface area contributed by atoms with Gasteiger partial charge in [-0.05, 0) is 49.7 Å². The summed E-state index contributed by atoms with van der Waals surface area (Å²) in [6.45, 7) is 1.97. The molecule has 27 heavy (non-hydrogen) atoms. The Morgan fingerprint density at radius 3 is 2.52 bits per heavy atom. The molecule has 4 aliphatic rings. The lowest BCUT2D eigenvalue weighted by Crippen LogP contribution is -2.57. The van der Waals surface area contributed by atoms with E-state index in [4.69, 9.17) is 4.74 Å². The van der Waals surface area contributed by atoms with Crippen LogP contribution in [0, 0.1) is 11.3 Å². The summed E-state index contributed by atoms with van der Waals surface area (Å²) in [6, 6.07) is 9.59. The Morgan fingerprint density at radius 2 is 1.89 bits per heavy atom. The van der Waals surface area contributed by atoms with Gasteiger partial charge in [0.1, 0.15) is 0 Å². The number of carbonyl (C=O) groups is 1. The lowest BCUT2D eigenvalue weighted by molar-refractivity contribution is -0.154. The fourth-order valence-electron chi connectivity index (χ4n) is 5.13. The van der Waals surface area contributed by atoms with E-state index in [0.29, 0.717) is 42.5 Å². The van der Waals surface area contributed by atoms with Crippen LogP contribution in [-0.2, 0) is 19.3 Å². The van der Waals surface area contributed by atoms with E-state index in [1.165, 1.54) is 19.3 Å². The maximum Gasteiger partial charge on any atom is 0.226 e. The molecule has 0 radical (unpaired) electrons. The van der Waals surface area contributed by atoms with E-state index >= 15 is 0 Å². The van der Waals surface area contributed by atoms with Crippen molar-refractivity contribution in [2.24, 2.45) is 15.7 Å². The first-order chi connectivity index (χ1) is 13.0. The molecule has 2 saturated heterocycles. The zero-order valence-corrected chi connectivity index (χ0v) is 16.6. The molecule has 1 amide bonds. The highest BCUT2D eigenvalue weighted by atomic mass is 32.2. The van der Waals surface area contributed by atoms with E-state index in [0.717, 1.165) is 24.9 Å². The van der Waals surface area contributed by atoms with Gasteiger partial charge >= 0.3 is 0 Å². The smallest absolute Gasteiger partial charge is 0.226 e.